The number of ether oxygens (including phenoxy) is 1. The van der Waals surface area contributed by atoms with E-state index < -0.39 is 0 Å². The molecule has 0 spiro atoms. The van der Waals surface area contributed by atoms with E-state index in [4.69, 9.17) is 4.74 Å². The van der Waals surface area contributed by atoms with Crippen LogP contribution in [0.1, 0.15) is 24.4 Å². The van der Waals surface area contributed by atoms with Crippen molar-refractivity contribution < 1.29 is 9.53 Å². The quantitative estimate of drug-likeness (QED) is 0.519. The predicted molar refractivity (Wildman–Crippen MR) is 112 cm³/mol. The van der Waals surface area contributed by atoms with Crippen LogP contribution in [0.5, 0.6) is 5.75 Å². The highest BCUT2D eigenvalue weighted by atomic mass is 32.2. The number of hydrogen-bond donors (Lipinski definition) is 0. The minimum atomic E-state index is 0.0546. The zero-order chi connectivity index (χ0) is 19.5. The summed E-state index contributed by atoms with van der Waals surface area (Å²) in [7, 11) is 3.46. The summed E-state index contributed by atoms with van der Waals surface area (Å²) in [6.07, 6.45) is 2.29. The van der Waals surface area contributed by atoms with E-state index in [1.807, 2.05) is 42.8 Å². The SMILES string of the molecule is COc1ccccc1CN(C)C(=O)CSc1nnc(-c2cccs2)n1C1CC1. The van der Waals surface area contributed by atoms with Crippen molar-refractivity contribution in [2.24, 2.45) is 0 Å². The Morgan fingerprint density at radius 2 is 2.11 bits per heavy atom. The standard InChI is InChI=1S/C20H22N4O2S2/c1-23(12-14-6-3-4-7-16(14)26-2)18(25)13-28-20-22-21-19(17-8-5-11-27-17)24(20)15-9-10-15/h3-8,11,15H,9-10,12-13H2,1-2H3. The van der Waals surface area contributed by atoms with Gasteiger partial charge >= 0.3 is 0 Å². The van der Waals surface area contributed by atoms with Crippen molar-refractivity contribution >= 4 is 29.0 Å². The Morgan fingerprint density at radius 1 is 1.29 bits per heavy atom. The lowest BCUT2D eigenvalue weighted by Gasteiger charge is -2.18. The van der Waals surface area contributed by atoms with E-state index >= 15 is 0 Å². The number of nitrogens with zero attached hydrogens (tertiary/aromatic N) is 4. The summed E-state index contributed by atoms with van der Waals surface area (Å²) in [5, 5.41) is 11.6. The van der Waals surface area contributed by atoms with Crippen LogP contribution < -0.4 is 4.74 Å². The molecule has 1 fully saturated rings. The van der Waals surface area contributed by atoms with Crippen molar-refractivity contribution in [3.05, 3.63) is 47.3 Å². The largest absolute Gasteiger partial charge is 0.496 e. The van der Waals surface area contributed by atoms with Crippen molar-refractivity contribution in [1.29, 1.82) is 0 Å². The second-order valence-corrected chi connectivity index (χ2v) is 8.63. The van der Waals surface area contributed by atoms with Crippen molar-refractivity contribution in [2.45, 2.75) is 30.6 Å². The average Bonchev–Trinajstić information content (AvgIpc) is 3.23. The highest BCUT2D eigenvalue weighted by Gasteiger charge is 2.30. The van der Waals surface area contributed by atoms with Gasteiger partial charge in [0.1, 0.15) is 5.75 Å². The van der Waals surface area contributed by atoms with Gasteiger partial charge in [0.05, 0.1) is 17.7 Å². The van der Waals surface area contributed by atoms with E-state index in [0.29, 0.717) is 18.3 Å². The highest BCUT2D eigenvalue weighted by Crippen LogP contribution is 2.41. The first kappa shape index (κ1) is 19.0. The molecule has 28 heavy (non-hydrogen) atoms. The van der Waals surface area contributed by atoms with Crippen LogP contribution in [0, 0.1) is 0 Å². The molecule has 2 aromatic heterocycles. The van der Waals surface area contributed by atoms with E-state index in [1.165, 1.54) is 11.8 Å². The summed E-state index contributed by atoms with van der Waals surface area (Å²) in [6.45, 7) is 0.513. The van der Waals surface area contributed by atoms with Crippen molar-refractivity contribution in [3.8, 4) is 16.5 Å². The van der Waals surface area contributed by atoms with Gasteiger partial charge in [-0.3, -0.25) is 9.36 Å². The third kappa shape index (κ3) is 4.07. The van der Waals surface area contributed by atoms with Gasteiger partial charge < -0.3 is 9.64 Å². The number of rotatable bonds is 8. The molecule has 1 aromatic carbocycles. The lowest BCUT2D eigenvalue weighted by atomic mass is 10.2. The first-order valence-corrected chi connectivity index (χ1v) is 11.0. The predicted octanol–water partition coefficient (Wildman–Crippen LogP) is 4.10. The van der Waals surface area contributed by atoms with Crippen molar-refractivity contribution in [3.63, 3.8) is 0 Å². The average molecular weight is 415 g/mol. The summed E-state index contributed by atoms with van der Waals surface area (Å²) in [4.78, 5) is 15.5. The molecule has 1 aliphatic rings. The molecule has 0 saturated heterocycles. The topological polar surface area (TPSA) is 60.2 Å². The molecule has 0 unspecified atom stereocenters. The molecule has 8 heteroatoms. The van der Waals surface area contributed by atoms with Gasteiger partial charge in [0.15, 0.2) is 11.0 Å². The Kier molecular flexibility index (Phi) is 5.68. The highest BCUT2D eigenvalue weighted by molar-refractivity contribution is 7.99. The van der Waals surface area contributed by atoms with Crippen LogP contribution in [-0.2, 0) is 11.3 Å². The number of benzene rings is 1. The van der Waals surface area contributed by atoms with Crippen LogP contribution in [-0.4, -0.2) is 45.5 Å². The number of aromatic nitrogens is 3. The minimum Gasteiger partial charge on any atom is -0.496 e. The Bertz CT molecular complexity index is 951. The number of carbonyl (C=O) groups is 1. The first-order chi connectivity index (χ1) is 13.7. The molecule has 6 nitrogen and oxygen atoms in total. The molecule has 3 aromatic rings. The number of thiophene rings is 1. The number of para-hydroxylation sites is 1. The molecule has 0 N–H and O–H groups in total. The molecule has 1 amide bonds. The van der Waals surface area contributed by atoms with E-state index in [-0.39, 0.29) is 5.91 Å². The molecule has 1 aliphatic carbocycles. The summed E-state index contributed by atoms with van der Waals surface area (Å²) in [5.74, 6) is 2.10. The van der Waals surface area contributed by atoms with Gasteiger partial charge in [-0.2, -0.15) is 0 Å². The van der Waals surface area contributed by atoms with Crippen LogP contribution in [0.2, 0.25) is 0 Å². The third-order valence-electron chi connectivity index (χ3n) is 4.67. The maximum Gasteiger partial charge on any atom is 0.233 e. The smallest absolute Gasteiger partial charge is 0.233 e. The number of methoxy groups -OCH3 is 1. The van der Waals surface area contributed by atoms with Crippen LogP contribution in [0.25, 0.3) is 10.7 Å². The Labute approximate surface area is 172 Å². The molecule has 0 atom stereocenters. The van der Waals surface area contributed by atoms with Gasteiger partial charge in [-0.1, -0.05) is 36.0 Å². The molecular weight excluding hydrogens is 392 g/mol. The maximum atomic E-state index is 12.7. The van der Waals surface area contributed by atoms with Gasteiger partial charge in [0.25, 0.3) is 0 Å². The number of carbonyl (C=O) groups excluding carboxylic acids is 1. The van der Waals surface area contributed by atoms with Gasteiger partial charge in [0.2, 0.25) is 5.91 Å². The molecule has 4 rings (SSSR count). The van der Waals surface area contributed by atoms with Crippen LogP contribution in [0.4, 0.5) is 0 Å². The van der Waals surface area contributed by atoms with Crippen molar-refractivity contribution in [2.75, 3.05) is 19.9 Å². The van der Waals surface area contributed by atoms with Gasteiger partial charge in [-0.05, 0) is 30.4 Å². The van der Waals surface area contributed by atoms with Gasteiger partial charge in [-0.15, -0.1) is 21.5 Å². The normalized spacial score (nSPS) is 13.5. The summed E-state index contributed by atoms with van der Waals surface area (Å²) < 4.78 is 7.58. The van der Waals surface area contributed by atoms with Crippen LogP contribution >= 0.6 is 23.1 Å². The molecular formula is C20H22N4O2S2. The van der Waals surface area contributed by atoms with E-state index in [9.17, 15) is 4.79 Å². The van der Waals surface area contributed by atoms with E-state index in [0.717, 1.165) is 40.0 Å². The fourth-order valence-electron chi connectivity index (χ4n) is 3.02. The molecule has 0 bridgehead atoms. The van der Waals surface area contributed by atoms with E-state index in [1.54, 1.807) is 23.3 Å². The van der Waals surface area contributed by atoms with E-state index in [2.05, 4.69) is 20.8 Å². The maximum absolute atomic E-state index is 12.7. The molecule has 0 radical (unpaired) electrons. The number of hydrogen-bond acceptors (Lipinski definition) is 6. The van der Waals surface area contributed by atoms with Crippen LogP contribution in [0.15, 0.2) is 46.9 Å². The zero-order valence-corrected chi connectivity index (χ0v) is 17.5. The number of amides is 1. The Balaban J connectivity index is 1.42. The summed E-state index contributed by atoms with van der Waals surface area (Å²) >= 11 is 3.13. The summed E-state index contributed by atoms with van der Waals surface area (Å²) in [6, 6.07) is 12.3. The number of thioether (sulfide) groups is 1. The fourth-order valence-corrected chi connectivity index (χ4v) is 4.68. The monoisotopic (exact) mass is 414 g/mol. The molecule has 1 saturated carbocycles. The minimum absolute atomic E-state index is 0.0546. The van der Waals surface area contributed by atoms with Crippen molar-refractivity contribution in [1.82, 2.24) is 19.7 Å². The fraction of sp³-hybridized carbons (Fsp3) is 0.350. The lowest BCUT2D eigenvalue weighted by molar-refractivity contribution is -0.127. The van der Waals surface area contributed by atoms with Crippen LogP contribution in [0.3, 0.4) is 0 Å². The van der Waals surface area contributed by atoms with Gasteiger partial charge in [0, 0.05) is 25.2 Å². The molecule has 146 valence electrons. The Hall–Kier alpha value is -2.32. The Morgan fingerprint density at radius 3 is 2.82 bits per heavy atom. The zero-order valence-electron chi connectivity index (χ0n) is 15.9. The van der Waals surface area contributed by atoms with Gasteiger partial charge in [-0.25, -0.2) is 0 Å². The summed E-state index contributed by atoms with van der Waals surface area (Å²) in [5.41, 5.74) is 0.993. The second-order valence-electron chi connectivity index (χ2n) is 6.73. The molecule has 2 heterocycles. The molecule has 0 aliphatic heterocycles. The third-order valence-corrected chi connectivity index (χ3v) is 6.46. The second kappa shape index (κ2) is 8.36. The lowest BCUT2D eigenvalue weighted by Crippen LogP contribution is -2.28. The first-order valence-electron chi connectivity index (χ1n) is 9.15.